The molecule has 0 N–H and O–H groups in total. The van der Waals surface area contributed by atoms with Crippen molar-refractivity contribution in [2.75, 3.05) is 0 Å². The maximum atomic E-state index is 13.1. The SMILES string of the molecule is FC(F)(F)c1c(Cl)cccc1-c1cc(Cl)ccc1Cl. The van der Waals surface area contributed by atoms with E-state index in [-0.39, 0.29) is 21.2 Å². The highest BCUT2D eigenvalue weighted by atomic mass is 35.5. The first-order valence-electron chi connectivity index (χ1n) is 5.12. The molecule has 0 aliphatic carbocycles. The van der Waals surface area contributed by atoms with Gasteiger partial charge in [0.1, 0.15) is 0 Å². The van der Waals surface area contributed by atoms with Gasteiger partial charge >= 0.3 is 6.18 Å². The highest BCUT2D eigenvalue weighted by Crippen LogP contribution is 2.43. The monoisotopic (exact) mass is 324 g/mol. The Morgan fingerprint density at radius 2 is 1.47 bits per heavy atom. The lowest BCUT2D eigenvalue weighted by molar-refractivity contribution is -0.137. The molecule has 2 aromatic carbocycles. The van der Waals surface area contributed by atoms with Crippen molar-refractivity contribution in [1.82, 2.24) is 0 Å². The van der Waals surface area contributed by atoms with E-state index in [1.54, 1.807) is 0 Å². The lowest BCUT2D eigenvalue weighted by Crippen LogP contribution is -2.08. The summed E-state index contributed by atoms with van der Waals surface area (Å²) in [6.45, 7) is 0. The van der Waals surface area contributed by atoms with Crippen molar-refractivity contribution >= 4 is 34.8 Å². The second kappa shape index (κ2) is 5.23. The summed E-state index contributed by atoms with van der Waals surface area (Å²) in [4.78, 5) is 0. The van der Waals surface area contributed by atoms with Gasteiger partial charge in [-0.25, -0.2) is 0 Å². The molecule has 0 nitrogen and oxygen atoms in total. The molecule has 0 atom stereocenters. The maximum Gasteiger partial charge on any atom is 0.418 e. The fraction of sp³-hybridized carbons (Fsp3) is 0.0769. The standard InChI is InChI=1S/C13H6Cl3F3/c14-7-4-5-10(15)9(6-7)8-2-1-3-11(16)12(8)13(17,18)19/h1-6H. The van der Waals surface area contributed by atoms with Gasteiger partial charge in [-0.3, -0.25) is 0 Å². The quantitative estimate of drug-likeness (QED) is 0.574. The number of hydrogen-bond acceptors (Lipinski definition) is 0. The van der Waals surface area contributed by atoms with Gasteiger partial charge in [-0.15, -0.1) is 0 Å². The average Bonchev–Trinajstić information content (AvgIpc) is 2.30. The highest BCUT2D eigenvalue weighted by molar-refractivity contribution is 6.36. The molecular weight excluding hydrogens is 319 g/mol. The van der Waals surface area contributed by atoms with E-state index in [0.717, 1.165) is 0 Å². The molecule has 2 rings (SSSR count). The van der Waals surface area contributed by atoms with Crippen molar-refractivity contribution in [3.63, 3.8) is 0 Å². The Bertz CT molecular complexity index is 621. The van der Waals surface area contributed by atoms with Gasteiger partial charge in [-0.2, -0.15) is 13.2 Å². The molecule has 0 aromatic heterocycles. The molecule has 0 aliphatic rings. The van der Waals surface area contributed by atoms with Crippen LogP contribution in [0.2, 0.25) is 15.1 Å². The molecule has 0 spiro atoms. The van der Waals surface area contributed by atoms with Gasteiger partial charge in [0.25, 0.3) is 0 Å². The molecule has 0 saturated carbocycles. The minimum atomic E-state index is -4.57. The molecule has 0 aliphatic heterocycles. The van der Waals surface area contributed by atoms with E-state index >= 15 is 0 Å². The van der Waals surface area contributed by atoms with Crippen LogP contribution >= 0.6 is 34.8 Å². The van der Waals surface area contributed by atoms with Crippen LogP contribution in [-0.2, 0) is 6.18 Å². The van der Waals surface area contributed by atoms with Crippen molar-refractivity contribution in [3.8, 4) is 11.1 Å². The first kappa shape index (κ1) is 14.5. The maximum absolute atomic E-state index is 13.1. The lowest BCUT2D eigenvalue weighted by atomic mass is 9.99. The van der Waals surface area contributed by atoms with Crippen LogP contribution in [-0.4, -0.2) is 0 Å². The van der Waals surface area contributed by atoms with Gasteiger partial charge in [-0.05, 0) is 29.8 Å². The van der Waals surface area contributed by atoms with Crippen molar-refractivity contribution in [3.05, 3.63) is 57.0 Å². The number of benzene rings is 2. The smallest absolute Gasteiger partial charge is 0.166 e. The van der Waals surface area contributed by atoms with E-state index in [2.05, 4.69) is 0 Å². The van der Waals surface area contributed by atoms with E-state index in [1.807, 2.05) is 0 Å². The predicted octanol–water partition coefficient (Wildman–Crippen LogP) is 6.33. The Morgan fingerprint density at radius 3 is 2.11 bits per heavy atom. The summed E-state index contributed by atoms with van der Waals surface area (Å²) in [5.74, 6) is 0. The summed E-state index contributed by atoms with van der Waals surface area (Å²) >= 11 is 17.4. The summed E-state index contributed by atoms with van der Waals surface area (Å²) in [6.07, 6.45) is -4.57. The molecule has 0 fully saturated rings. The molecule has 19 heavy (non-hydrogen) atoms. The Balaban J connectivity index is 2.76. The fourth-order valence-electron chi connectivity index (χ4n) is 1.74. The van der Waals surface area contributed by atoms with Crippen LogP contribution in [0.5, 0.6) is 0 Å². The Kier molecular flexibility index (Phi) is 4.00. The Morgan fingerprint density at radius 1 is 0.789 bits per heavy atom. The van der Waals surface area contributed by atoms with Crippen LogP contribution in [0.4, 0.5) is 13.2 Å². The summed E-state index contributed by atoms with van der Waals surface area (Å²) in [5, 5.41) is 0.103. The Labute approximate surface area is 122 Å². The minimum absolute atomic E-state index is 0.0903. The fourth-order valence-corrected chi connectivity index (χ4v) is 2.41. The van der Waals surface area contributed by atoms with Crippen LogP contribution in [0, 0.1) is 0 Å². The molecule has 6 heteroatoms. The summed E-state index contributed by atoms with van der Waals surface area (Å²) in [6, 6.07) is 8.26. The molecule has 0 heterocycles. The summed E-state index contributed by atoms with van der Waals surface area (Å²) in [5.41, 5.74) is -0.808. The average molecular weight is 326 g/mol. The first-order chi connectivity index (χ1) is 8.80. The van der Waals surface area contributed by atoms with Crippen molar-refractivity contribution < 1.29 is 13.2 Å². The van der Waals surface area contributed by atoms with E-state index in [0.29, 0.717) is 5.02 Å². The largest absolute Gasteiger partial charge is 0.418 e. The zero-order valence-electron chi connectivity index (χ0n) is 9.23. The van der Waals surface area contributed by atoms with Crippen molar-refractivity contribution in [2.45, 2.75) is 6.18 Å². The van der Waals surface area contributed by atoms with Crippen LogP contribution in [0.1, 0.15) is 5.56 Å². The first-order valence-corrected chi connectivity index (χ1v) is 6.25. The van der Waals surface area contributed by atoms with E-state index in [1.165, 1.54) is 36.4 Å². The van der Waals surface area contributed by atoms with Gasteiger partial charge < -0.3 is 0 Å². The van der Waals surface area contributed by atoms with Crippen LogP contribution in [0.15, 0.2) is 36.4 Å². The van der Waals surface area contributed by atoms with E-state index < -0.39 is 11.7 Å². The Hall–Kier alpha value is -0.900. The van der Waals surface area contributed by atoms with Crippen LogP contribution < -0.4 is 0 Å². The zero-order chi connectivity index (χ0) is 14.2. The van der Waals surface area contributed by atoms with Gasteiger partial charge in [0.15, 0.2) is 0 Å². The van der Waals surface area contributed by atoms with Crippen molar-refractivity contribution in [2.24, 2.45) is 0 Å². The topological polar surface area (TPSA) is 0 Å². The van der Waals surface area contributed by atoms with Gasteiger partial charge in [0, 0.05) is 15.6 Å². The zero-order valence-corrected chi connectivity index (χ0v) is 11.5. The van der Waals surface area contributed by atoms with Crippen LogP contribution in [0.25, 0.3) is 11.1 Å². The third-order valence-corrected chi connectivity index (χ3v) is 3.40. The van der Waals surface area contributed by atoms with E-state index in [9.17, 15) is 13.2 Å². The second-order valence-electron chi connectivity index (χ2n) is 3.78. The normalized spacial score (nSPS) is 11.7. The van der Waals surface area contributed by atoms with E-state index in [4.69, 9.17) is 34.8 Å². The number of rotatable bonds is 1. The number of hydrogen-bond donors (Lipinski definition) is 0. The van der Waals surface area contributed by atoms with Gasteiger partial charge in [0.2, 0.25) is 0 Å². The van der Waals surface area contributed by atoms with Gasteiger partial charge in [0.05, 0.1) is 10.6 Å². The van der Waals surface area contributed by atoms with Crippen LogP contribution in [0.3, 0.4) is 0 Å². The lowest BCUT2D eigenvalue weighted by Gasteiger charge is -2.15. The highest BCUT2D eigenvalue weighted by Gasteiger charge is 2.36. The molecule has 0 unspecified atom stereocenters. The van der Waals surface area contributed by atoms with Gasteiger partial charge in [-0.1, -0.05) is 46.9 Å². The second-order valence-corrected chi connectivity index (χ2v) is 5.04. The minimum Gasteiger partial charge on any atom is -0.166 e. The molecule has 0 amide bonds. The third-order valence-electron chi connectivity index (χ3n) is 2.52. The molecule has 100 valence electrons. The number of halogens is 6. The molecule has 0 radical (unpaired) electrons. The number of alkyl halides is 3. The predicted molar refractivity (Wildman–Crippen MR) is 71.9 cm³/mol. The summed E-state index contributed by atoms with van der Waals surface area (Å²) in [7, 11) is 0. The molecule has 0 bridgehead atoms. The molecular formula is C13H6Cl3F3. The molecule has 0 saturated heterocycles. The third kappa shape index (κ3) is 2.99. The summed E-state index contributed by atoms with van der Waals surface area (Å²) < 4.78 is 39.2. The molecule has 2 aromatic rings. The van der Waals surface area contributed by atoms with Crippen molar-refractivity contribution in [1.29, 1.82) is 0 Å².